The Kier molecular flexibility index (Phi) is 6.79. The fraction of sp³-hybridized carbons (Fsp3) is 0.238. The number of phenolic OH excluding ortho intramolecular Hbond substituents is 1. The van der Waals surface area contributed by atoms with E-state index in [2.05, 4.69) is 9.97 Å². The van der Waals surface area contributed by atoms with Gasteiger partial charge in [0.1, 0.15) is 11.6 Å². The largest absolute Gasteiger partial charge is 0.508 e. The predicted octanol–water partition coefficient (Wildman–Crippen LogP) is 2.30. The molecule has 6 nitrogen and oxygen atoms in total. The monoisotopic (exact) mass is 410 g/mol. The minimum Gasteiger partial charge on any atom is -0.508 e. The van der Waals surface area contributed by atoms with Crippen LogP contribution in [0.15, 0.2) is 47.3 Å². The van der Waals surface area contributed by atoms with Crippen molar-refractivity contribution in [3.63, 3.8) is 0 Å². The number of H-pyrrole nitrogens is 1. The van der Waals surface area contributed by atoms with Crippen molar-refractivity contribution in [3.8, 4) is 28.3 Å². The first-order valence-corrected chi connectivity index (χ1v) is 10.7. The molecule has 1 aliphatic heterocycles. The Morgan fingerprint density at radius 1 is 1.03 bits per heavy atom. The number of benzene rings is 2. The summed E-state index contributed by atoms with van der Waals surface area (Å²) in [6, 6.07) is 12.1. The van der Waals surface area contributed by atoms with E-state index in [-0.39, 0.29) is 16.8 Å². The number of rotatable bonds is 3. The van der Waals surface area contributed by atoms with Gasteiger partial charge in [0, 0.05) is 22.3 Å². The lowest BCUT2D eigenvalue weighted by molar-refractivity contribution is 0.419. The van der Waals surface area contributed by atoms with Crippen molar-refractivity contribution >= 4 is 24.3 Å². The smallest absolute Gasteiger partial charge is 0.492 e. The molecule has 0 atom stereocenters. The van der Waals surface area contributed by atoms with E-state index in [1.807, 2.05) is 38.1 Å². The third kappa shape index (κ3) is 4.55. The fourth-order valence-corrected chi connectivity index (χ4v) is 4.13. The van der Waals surface area contributed by atoms with Crippen molar-refractivity contribution in [1.29, 1.82) is 0 Å². The quantitative estimate of drug-likeness (QED) is 0.494. The molecule has 0 aliphatic carbocycles. The first-order chi connectivity index (χ1) is 14.0. The van der Waals surface area contributed by atoms with Gasteiger partial charge in [-0.15, -0.1) is 0 Å². The summed E-state index contributed by atoms with van der Waals surface area (Å²) in [5.41, 5.74) is 4.03. The van der Waals surface area contributed by atoms with Crippen LogP contribution in [-0.4, -0.2) is 38.0 Å². The lowest BCUT2D eigenvalue weighted by Gasteiger charge is -2.14. The number of aromatic hydroxyl groups is 1. The topological polar surface area (TPSA) is 106 Å². The summed E-state index contributed by atoms with van der Waals surface area (Å²) in [7, 11) is -1.72. The number of aryl methyl sites for hydroxylation is 1. The number of aromatic amines is 1. The maximum Gasteiger partial charge on any atom is 0.492 e. The summed E-state index contributed by atoms with van der Waals surface area (Å²) in [6.07, 6.45) is 0.803. The molecule has 0 fully saturated rings. The third-order valence-corrected chi connectivity index (χ3v) is 5.62. The Morgan fingerprint density at radius 2 is 1.69 bits per heavy atom. The second-order valence-electron chi connectivity index (χ2n) is 6.37. The highest BCUT2D eigenvalue weighted by atomic mass is 32.2. The number of aromatic nitrogens is 2. The summed E-state index contributed by atoms with van der Waals surface area (Å²) >= 11 is 1.75. The molecule has 2 heterocycles. The van der Waals surface area contributed by atoms with Crippen LogP contribution in [0.1, 0.15) is 25.1 Å². The van der Waals surface area contributed by atoms with E-state index in [4.69, 9.17) is 0 Å². The highest BCUT2D eigenvalue weighted by molar-refractivity contribution is 7.98. The fourth-order valence-electron chi connectivity index (χ4n) is 3.14. The van der Waals surface area contributed by atoms with E-state index in [0.717, 1.165) is 40.1 Å². The molecule has 0 spiro atoms. The molecule has 4 N–H and O–H groups in total. The van der Waals surface area contributed by atoms with Gasteiger partial charge >= 0.3 is 7.12 Å². The van der Waals surface area contributed by atoms with Gasteiger partial charge in [0.05, 0.1) is 5.69 Å². The zero-order valence-electron chi connectivity index (χ0n) is 16.3. The van der Waals surface area contributed by atoms with Crippen LogP contribution in [0.25, 0.3) is 22.5 Å². The Balaban J connectivity index is 0.00000117. The summed E-state index contributed by atoms with van der Waals surface area (Å²) < 4.78 is 0. The van der Waals surface area contributed by atoms with Crippen LogP contribution >= 0.6 is 11.8 Å². The van der Waals surface area contributed by atoms with Crippen molar-refractivity contribution in [2.75, 3.05) is 5.75 Å². The molecule has 0 saturated heterocycles. The van der Waals surface area contributed by atoms with E-state index in [0.29, 0.717) is 11.6 Å². The number of hydrogen-bond donors (Lipinski definition) is 4. The summed E-state index contributed by atoms with van der Waals surface area (Å²) in [5.74, 6) is 2.06. The number of thioether (sulfide) groups is 1. The van der Waals surface area contributed by atoms with Gasteiger partial charge in [0.15, 0.2) is 0 Å². The Bertz CT molecular complexity index is 1050. The number of fused-ring (bicyclic) bond motifs is 1. The average Bonchev–Trinajstić information content (AvgIpc) is 2.75. The number of hydrogen-bond acceptors (Lipinski definition) is 6. The van der Waals surface area contributed by atoms with E-state index < -0.39 is 7.12 Å². The van der Waals surface area contributed by atoms with Gasteiger partial charge in [0.2, 0.25) is 0 Å². The number of phenols is 1. The maximum absolute atomic E-state index is 12.3. The van der Waals surface area contributed by atoms with Crippen molar-refractivity contribution in [3.05, 3.63) is 64.1 Å². The van der Waals surface area contributed by atoms with Crippen molar-refractivity contribution in [2.24, 2.45) is 0 Å². The molecule has 4 rings (SSSR count). The molecule has 1 aromatic heterocycles. The molecule has 0 bridgehead atoms. The standard InChI is InChI=1S/C19H17BN2O4S.C2H6/c23-17-9-13(5-6-15(17)20(25)26)11-1-3-12(4-2-11)18-21-16-7-8-27-10-14(16)19(24)22-18;1-2/h1-6,9,23,25-26H,7-8,10H2,(H,21,22,24);1-2H3. The molecular formula is C21H23BN2O4S. The van der Waals surface area contributed by atoms with E-state index in [1.54, 1.807) is 17.8 Å². The SMILES string of the molecule is CC.O=c1[nH]c(-c2ccc(-c3ccc(B(O)O)c(O)c3)cc2)nc2c1CSCC2. The molecular weight excluding hydrogens is 387 g/mol. The minimum atomic E-state index is -1.72. The minimum absolute atomic E-state index is 0.0596. The lowest BCUT2D eigenvalue weighted by atomic mass is 9.79. The van der Waals surface area contributed by atoms with E-state index >= 15 is 0 Å². The summed E-state index contributed by atoms with van der Waals surface area (Å²) in [4.78, 5) is 19.8. The molecule has 29 heavy (non-hydrogen) atoms. The van der Waals surface area contributed by atoms with Crippen LogP contribution < -0.4 is 11.0 Å². The van der Waals surface area contributed by atoms with Crippen molar-refractivity contribution < 1.29 is 15.2 Å². The van der Waals surface area contributed by atoms with Gasteiger partial charge in [-0.3, -0.25) is 4.79 Å². The van der Waals surface area contributed by atoms with E-state index in [1.165, 1.54) is 12.1 Å². The molecule has 8 heteroatoms. The van der Waals surface area contributed by atoms with Crippen molar-refractivity contribution in [1.82, 2.24) is 9.97 Å². The number of nitrogens with one attached hydrogen (secondary N) is 1. The van der Waals surface area contributed by atoms with Crippen LogP contribution in [0.3, 0.4) is 0 Å². The highest BCUT2D eigenvalue weighted by Crippen LogP contribution is 2.26. The molecule has 3 aromatic rings. The van der Waals surface area contributed by atoms with E-state index in [9.17, 15) is 19.9 Å². The van der Waals surface area contributed by atoms with Gasteiger partial charge in [-0.2, -0.15) is 11.8 Å². The van der Waals surface area contributed by atoms with Gasteiger partial charge in [-0.25, -0.2) is 4.98 Å². The molecule has 150 valence electrons. The first-order valence-electron chi connectivity index (χ1n) is 9.52. The summed E-state index contributed by atoms with van der Waals surface area (Å²) in [6.45, 7) is 4.00. The van der Waals surface area contributed by atoms with Crippen LogP contribution in [0.2, 0.25) is 0 Å². The second-order valence-corrected chi connectivity index (χ2v) is 7.47. The molecule has 0 radical (unpaired) electrons. The van der Waals surface area contributed by atoms with Gasteiger partial charge in [0.25, 0.3) is 5.56 Å². The zero-order chi connectivity index (χ0) is 21.0. The second kappa shape index (κ2) is 9.30. The molecule has 1 aliphatic rings. The third-order valence-electron chi connectivity index (χ3n) is 4.63. The van der Waals surface area contributed by atoms with Crippen molar-refractivity contribution in [2.45, 2.75) is 26.0 Å². The normalized spacial score (nSPS) is 12.6. The molecule has 0 amide bonds. The van der Waals surface area contributed by atoms with Crippen LogP contribution in [0.5, 0.6) is 5.75 Å². The Hall–Kier alpha value is -2.55. The zero-order valence-corrected chi connectivity index (χ0v) is 17.2. The lowest BCUT2D eigenvalue weighted by Crippen LogP contribution is -2.29. The Labute approximate surface area is 173 Å². The number of nitrogens with zero attached hydrogens (tertiary/aromatic N) is 1. The predicted molar refractivity (Wildman–Crippen MR) is 118 cm³/mol. The molecule has 0 unspecified atom stereocenters. The van der Waals surface area contributed by atoms with Crippen LogP contribution in [0.4, 0.5) is 0 Å². The molecule has 0 saturated carbocycles. The first kappa shape index (κ1) is 21.2. The molecule has 2 aromatic carbocycles. The average molecular weight is 410 g/mol. The van der Waals surface area contributed by atoms with Gasteiger partial charge < -0.3 is 20.1 Å². The highest BCUT2D eigenvalue weighted by Gasteiger charge is 2.17. The van der Waals surface area contributed by atoms with Gasteiger partial charge in [-0.1, -0.05) is 50.2 Å². The van der Waals surface area contributed by atoms with Crippen LogP contribution in [0, 0.1) is 0 Å². The summed E-state index contributed by atoms with van der Waals surface area (Å²) in [5, 5.41) is 28.3. The van der Waals surface area contributed by atoms with Gasteiger partial charge in [-0.05, 0) is 29.4 Å². The van der Waals surface area contributed by atoms with Crippen LogP contribution in [-0.2, 0) is 12.2 Å². The maximum atomic E-state index is 12.3. The Morgan fingerprint density at radius 3 is 2.34 bits per heavy atom.